The zero-order chi connectivity index (χ0) is 13.5. The van der Waals surface area contributed by atoms with E-state index in [2.05, 4.69) is 0 Å². The number of nitro benzene ring substituents is 1. The van der Waals surface area contributed by atoms with Crippen molar-refractivity contribution in [2.45, 2.75) is 25.7 Å². The molecule has 1 aromatic carbocycles. The number of nitrogens with one attached hydrogen (secondary N) is 1. The van der Waals surface area contributed by atoms with Crippen LogP contribution in [0.5, 0.6) is 5.75 Å². The number of benzene rings is 1. The van der Waals surface area contributed by atoms with E-state index < -0.39 is 4.92 Å². The molecular weight excluding hydrogens is 244 g/mol. The minimum absolute atomic E-state index is 0.0489. The van der Waals surface area contributed by atoms with Gasteiger partial charge >= 0.3 is 5.69 Å². The van der Waals surface area contributed by atoms with E-state index >= 15 is 0 Å². The third kappa shape index (κ3) is 4.21. The Hall–Kier alpha value is -1.62. The monoisotopic (exact) mass is 265 g/mol. The van der Waals surface area contributed by atoms with Gasteiger partial charge in [-0.15, -0.1) is 0 Å². The van der Waals surface area contributed by atoms with E-state index in [0.29, 0.717) is 12.4 Å². The molecule has 0 spiro atoms. The minimum Gasteiger partial charge on any atom is -0.487 e. The Labute approximate surface area is 113 Å². The molecule has 0 atom stereocenters. The summed E-state index contributed by atoms with van der Waals surface area (Å²) in [5.41, 5.74) is 0.0489. The maximum absolute atomic E-state index is 10.8. The van der Waals surface area contributed by atoms with Crippen LogP contribution in [0.1, 0.15) is 25.7 Å². The Bertz CT molecular complexity index is 417. The van der Waals surface area contributed by atoms with Crippen molar-refractivity contribution in [1.29, 1.82) is 0 Å². The molecule has 0 bridgehead atoms. The molecule has 5 heteroatoms. The van der Waals surface area contributed by atoms with Gasteiger partial charge in [-0.05, 0) is 25.3 Å². The van der Waals surface area contributed by atoms with Gasteiger partial charge in [-0.3, -0.25) is 10.1 Å². The first-order valence-electron chi connectivity index (χ1n) is 6.97. The largest absolute Gasteiger partial charge is 0.487 e. The molecule has 0 saturated carbocycles. The van der Waals surface area contributed by atoms with Gasteiger partial charge in [0, 0.05) is 12.5 Å². The van der Waals surface area contributed by atoms with Crippen LogP contribution in [0.3, 0.4) is 0 Å². The summed E-state index contributed by atoms with van der Waals surface area (Å²) < 4.78 is 5.53. The van der Waals surface area contributed by atoms with Gasteiger partial charge in [-0.1, -0.05) is 12.1 Å². The van der Waals surface area contributed by atoms with Gasteiger partial charge in [0.15, 0.2) is 5.75 Å². The highest BCUT2D eigenvalue weighted by molar-refractivity contribution is 5.45. The lowest BCUT2D eigenvalue weighted by Crippen LogP contribution is -3.12. The van der Waals surface area contributed by atoms with Crippen LogP contribution in [0, 0.1) is 10.1 Å². The van der Waals surface area contributed by atoms with Crippen LogP contribution in [-0.2, 0) is 0 Å². The van der Waals surface area contributed by atoms with Gasteiger partial charge in [-0.2, -0.15) is 0 Å². The third-order valence-electron chi connectivity index (χ3n) is 3.55. The fourth-order valence-corrected chi connectivity index (χ4v) is 2.54. The van der Waals surface area contributed by atoms with Crippen molar-refractivity contribution in [2.24, 2.45) is 0 Å². The molecule has 0 radical (unpaired) electrons. The molecular formula is C14H21N2O3+. The number of para-hydroxylation sites is 2. The zero-order valence-corrected chi connectivity index (χ0v) is 11.1. The third-order valence-corrected chi connectivity index (χ3v) is 3.55. The second-order valence-electron chi connectivity index (χ2n) is 4.99. The molecule has 1 fully saturated rings. The van der Waals surface area contributed by atoms with Gasteiger partial charge < -0.3 is 9.64 Å². The molecule has 1 aliphatic rings. The van der Waals surface area contributed by atoms with Gasteiger partial charge in [-0.25, -0.2) is 0 Å². The second-order valence-corrected chi connectivity index (χ2v) is 4.99. The van der Waals surface area contributed by atoms with E-state index in [9.17, 15) is 10.1 Å². The summed E-state index contributed by atoms with van der Waals surface area (Å²) in [4.78, 5) is 12.1. The summed E-state index contributed by atoms with van der Waals surface area (Å²) in [6, 6.07) is 6.55. The predicted molar refractivity (Wildman–Crippen MR) is 72.6 cm³/mol. The fourth-order valence-electron chi connectivity index (χ4n) is 2.54. The standard InChI is InChI=1S/C14H20N2O3/c17-16(18)13-7-2-3-8-14(13)19-12-6-11-15-9-4-1-5-10-15/h2-3,7-8H,1,4-6,9-12H2/p+1. The van der Waals surface area contributed by atoms with Crippen LogP contribution in [0.2, 0.25) is 0 Å². The molecule has 1 aliphatic heterocycles. The maximum atomic E-state index is 10.8. The van der Waals surface area contributed by atoms with Gasteiger partial charge in [0.05, 0.1) is 31.2 Å². The van der Waals surface area contributed by atoms with Gasteiger partial charge in [0.25, 0.3) is 0 Å². The molecule has 0 aromatic heterocycles. The van der Waals surface area contributed by atoms with Crippen LogP contribution in [-0.4, -0.2) is 31.2 Å². The number of likely N-dealkylation sites (tertiary alicyclic amines) is 1. The molecule has 1 aromatic rings. The number of nitro groups is 1. The lowest BCUT2D eigenvalue weighted by atomic mass is 10.1. The van der Waals surface area contributed by atoms with E-state index in [4.69, 9.17) is 4.74 Å². The van der Waals surface area contributed by atoms with Crippen LogP contribution in [0.4, 0.5) is 5.69 Å². The van der Waals surface area contributed by atoms with E-state index in [1.54, 1.807) is 23.1 Å². The van der Waals surface area contributed by atoms with Crippen LogP contribution in [0.15, 0.2) is 24.3 Å². The lowest BCUT2D eigenvalue weighted by Gasteiger charge is -2.23. The van der Waals surface area contributed by atoms with Crippen molar-refractivity contribution in [2.75, 3.05) is 26.2 Å². The second kappa shape index (κ2) is 7.09. The highest BCUT2D eigenvalue weighted by Gasteiger charge is 2.15. The Morgan fingerprint density at radius 1 is 1.21 bits per heavy atom. The molecule has 0 unspecified atom stereocenters. The van der Waals surface area contributed by atoms with E-state index in [0.717, 1.165) is 13.0 Å². The van der Waals surface area contributed by atoms with Crippen molar-refractivity contribution in [3.8, 4) is 5.75 Å². The van der Waals surface area contributed by atoms with E-state index in [-0.39, 0.29) is 5.69 Å². The topological polar surface area (TPSA) is 56.8 Å². The number of ether oxygens (including phenoxy) is 1. The molecule has 0 aliphatic carbocycles. The molecule has 19 heavy (non-hydrogen) atoms. The first kappa shape index (κ1) is 13.8. The normalized spacial score (nSPS) is 16.2. The number of hydrogen-bond donors (Lipinski definition) is 1. The summed E-state index contributed by atoms with van der Waals surface area (Å²) in [6.07, 6.45) is 4.94. The van der Waals surface area contributed by atoms with E-state index in [1.807, 2.05) is 0 Å². The highest BCUT2D eigenvalue weighted by atomic mass is 16.6. The number of piperidine rings is 1. The van der Waals surface area contributed by atoms with Crippen LogP contribution >= 0.6 is 0 Å². The molecule has 1 heterocycles. The Morgan fingerprint density at radius 3 is 2.68 bits per heavy atom. The first-order valence-corrected chi connectivity index (χ1v) is 6.97. The minimum atomic E-state index is -0.398. The molecule has 1 saturated heterocycles. The quantitative estimate of drug-likeness (QED) is 0.481. The summed E-state index contributed by atoms with van der Waals surface area (Å²) >= 11 is 0. The van der Waals surface area contributed by atoms with Crippen molar-refractivity contribution in [3.05, 3.63) is 34.4 Å². The van der Waals surface area contributed by atoms with Crippen LogP contribution < -0.4 is 9.64 Å². The van der Waals surface area contributed by atoms with Crippen molar-refractivity contribution >= 4 is 5.69 Å². The van der Waals surface area contributed by atoms with Crippen molar-refractivity contribution in [3.63, 3.8) is 0 Å². The fraction of sp³-hybridized carbons (Fsp3) is 0.571. The number of hydrogen-bond acceptors (Lipinski definition) is 3. The lowest BCUT2D eigenvalue weighted by molar-refractivity contribution is -0.905. The van der Waals surface area contributed by atoms with Crippen LogP contribution in [0.25, 0.3) is 0 Å². The van der Waals surface area contributed by atoms with Gasteiger partial charge in [0.2, 0.25) is 0 Å². The average molecular weight is 265 g/mol. The highest BCUT2D eigenvalue weighted by Crippen LogP contribution is 2.25. The Morgan fingerprint density at radius 2 is 1.95 bits per heavy atom. The van der Waals surface area contributed by atoms with E-state index in [1.165, 1.54) is 38.4 Å². The Kier molecular flexibility index (Phi) is 5.15. The SMILES string of the molecule is O=[N+]([O-])c1ccccc1OCCC[NH+]1CCCCC1. The van der Waals surface area contributed by atoms with Crippen molar-refractivity contribution in [1.82, 2.24) is 0 Å². The number of rotatable bonds is 6. The number of quaternary nitrogens is 1. The molecule has 1 N–H and O–H groups in total. The predicted octanol–water partition coefficient (Wildman–Crippen LogP) is 1.43. The molecule has 0 amide bonds. The zero-order valence-electron chi connectivity index (χ0n) is 11.1. The summed E-state index contributed by atoms with van der Waals surface area (Å²) in [5, 5.41) is 10.8. The van der Waals surface area contributed by atoms with Crippen molar-refractivity contribution < 1.29 is 14.6 Å². The summed E-state index contributed by atoms with van der Waals surface area (Å²) in [5.74, 6) is 0.376. The summed E-state index contributed by atoms with van der Waals surface area (Å²) in [6.45, 7) is 4.16. The summed E-state index contributed by atoms with van der Waals surface area (Å²) in [7, 11) is 0. The Balaban J connectivity index is 1.74. The average Bonchev–Trinajstić information content (AvgIpc) is 2.45. The molecule has 2 rings (SSSR count). The maximum Gasteiger partial charge on any atom is 0.310 e. The van der Waals surface area contributed by atoms with Gasteiger partial charge in [0.1, 0.15) is 0 Å². The first-order chi connectivity index (χ1) is 9.27. The molecule has 5 nitrogen and oxygen atoms in total. The molecule has 104 valence electrons. The number of nitrogens with zero attached hydrogens (tertiary/aromatic N) is 1. The smallest absolute Gasteiger partial charge is 0.310 e.